The van der Waals surface area contributed by atoms with Gasteiger partial charge in [0.05, 0.1) is 16.6 Å². The molecule has 4 aromatic carbocycles. The van der Waals surface area contributed by atoms with Crippen molar-refractivity contribution in [1.29, 1.82) is 0 Å². The van der Waals surface area contributed by atoms with Crippen molar-refractivity contribution < 1.29 is 27.1 Å². The third-order valence-electron chi connectivity index (χ3n) is 6.42. The summed E-state index contributed by atoms with van der Waals surface area (Å²) in [6.45, 7) is 2.02. The zero-order chi connectivity index (χ0) is 27.4. The lowest BCUT2D eigenvalue weighted by molar-refractivity contribution is -0.120. The first-order valence-electron chi connectivity index (χ1n) is 12.4. The molecule has 0 aromatic heterocycles. The Bertz CT molecular complexity index is 1590. The Labute approximate surface area is 226 Å². The summed E-state index contributed by atoms with van der Waals surface area (Å²) in [5.41, 5.74) is 2.71. The van der Waals surface area contributed by atoms with Crippen molar-refractivity contribution >= 4 is 21.6 Å². The summed E-state index contributed by atoms with van der Waals surface area (Å²) in [5, 5.41) is 3.00. The van der Waals surface area contributed by atoms with Crippen molar-refractivity contribution in [2.75, 3.05) is 24.1 Å². The molecule has 0 saturated carbocycles. The molecule has 7 nitrogen and oxygen atoms in total. The molecule has 0 bridgehead atoms. The van der Waals surface area contributed by atoms with Gasteiger partial charge in [-0.3, -0.25) is 9.10 Å². The first-order chi connectivity index (χ1) is 18.8. The maximum Gasteiger partial charge on any atom is 0.264 e. The minimum atomic E-state index is -4.30. The molecule has 0 radical (unpaired) electrons. The highest BCUT2D eigenvalue weighted by molar-refractivity contribution is 7.92. The van der Waals surface area contributed by atoms with Crippen LogP contribution in [0.25, 0.3) is 0 Å². The van der Waals surface area contributed by atoms with Crippen LogP contribution in [0.2, 0.25) is 0 Å². The molecular weight excluding hydrogens is 519 g/mol. The lowest BCUT2D eigenvalue weighted by Gasteiger charge is -2.27. The number of hydrogen-bond donors (Lipinski definition) is 1. The Hall–Kier alpha value is -4.37. The summed E-state index contributed by atoms with van der Waals surface area (Å²) < 4.78 is 53.9. The van der Waals surface area contributed by atoms with Crippen molar-refractivity contribution in [2.45, 2.75) is 17.9 Å². The number of hydrogen-bond acceptors (Lipinski definition) is 5. The zero-order valence-corrected chi connectivity index (χ0v) is 22.0. The maximum atomic E-state index is 14.2. The van der Waals surface area contributed by atoms with E-state index in [1.165, 1.54) is 36.4 Å². The molecule has 0 saturated heterocycles. The van der Waals surface area contributed by atoms with Crippen LogP contribution in [0, 0.1) is 12.7 Å². The number of benzene rings is 4. The molecular formula is C30H27FN2O5S. The smallest absolute Gasteiger partial charge is 0.264 e. The minimum absolute atomic E-state index is 0.0205. The van der Waals surface area contributed by atoms with E-state index in [1.54, 1.807) is 0 Å². The van der Waals surface area contributed by atoms with Gasteiger partial charge in [-0.2, -0.15) is 0 Å². The molecule has 0 aliphatic carbocycles. The van der Waals surface area contributed by atoms with E-state index in [9.17, 15) is 17.6 Å². The number of carbonyl (C=O) groups excluding carboxylic acids is 1. The predicted molar refractivity (Wildman–Crippen MR) is 146 cm³/mol. The topological polar surface area (TPSA) is 84.9 Å². The first-order valence-corrected chi connectivity index (χ1v) is 13.8. The van der Waals surface area contributed by atoms with Gasteiger partial charge in [-0.05, 0) is 53.9 Å². The van der Waals surface area contributed by atoms with Gasteiger partial charge in [0.2, 0.25) is 5.91 Å². The molecule has 1 heterocycles. The summed E-state index contributed by atoms with van der Waals surface area (Å²) in [6.07, 6.45) is 0. The van der Waals surface area contributed by atoms with E-state index in [1.807, 2.05) is 61.5 Å². The molecule has 4 aromatic rings. The fourth-order valence-corrected chi connectivity index (χ4v) is 5.92. The molecule has 1 atom stereocenters. The number of fused-ring (bicyclic) bond motifs is 1. The van der Waals surface area contributed by atoms with Gasteiger partial charge >= 0.3 is 0 Å². The lowest BCUT2D eigenvalue weighted by atomic mass is 9.95. The van der Waals surface area contributed by atoms with Crippen LogP contribution in [0.3, 0.4) is 0 Å². The van der Waals surface area contributed by atoms with E-state index in [2.05, 4.69) is 5.32 Å². The highest BCUT2D eigenvalue weighted by Gasteiger charge is 2.30. The highest BCUT2D eigenvalue weighted by Crippen LogP contribution is 2.34. The summed E-state index contributed by atoms with van der Waals surface area (Å²) in [7, 11) is -4.30. The van der Waals surface area contributed by atoms with Crippen LogP contribution in [0.5, 0.6) is 11.5 Å². The standard InChI is InChI=1S/C30H27FN2O5S/c1-21-8-5-6-13-26(21)30(22-9-3-2-4-10-22)32-29(34)20-33(24-12-7-11-23(31)18-24)39(35,36)25-14-15-27-28(19-25)38-17-16-37-27/h2-15,18-19,30H,16-17,20H2,1H3,(H,32,34). The Morgan fingerprint density at radius 3 is 2.36 bits per heavy atom. The van der Waals surface area contributed by atoms with Gasteiger partial charge in [0.25, 0.3) is 10.0 Å². The number of carbonyl (C=O) groups is 1. The monoisotopic (exact) mass is 546 g/mol. The third-order valence-corrected chi connectivity index (χ3v) is 8.19. The molecule has 200 valence electrons. The highest BCUT2D eigenvalue weighted by atomic mass is 32.2. The Balaban J connectivity index is 1.50. The lowest BCUT2D eigenvalue weighted by Crippen LogP contribution is -2.42. The fraction of sp³-hybridized carbons (Fsp3) is 0.167. The Morgan fingerprint density at radius 2 is 1.62 bits per heavy atom. The van der Waals surface area contributed by atoms with E-state index in [0.29, 0.717) is 12.4 Å². The first kappa shape index (κ1) is 26.2. The van der Waals surface area contributed by atoms with Crippen molar-refractivity contribution in [3.63, 3.8) is 0 Å². The largest absolute Gasteiger partial charge is 0.486 e. The molecule has 1 aliphatic rings. The number of rotatable bonds is 8. The molecule has 0 fully saturated rings. The number of halogens is 1. The van der Waals surface area contributed by atoms with E-state index in [0.717, 1.165) is 27.1 Å². The second-order valence-electron chi connectivity index (χ2n) is 9.06. The fourth-order valence-electron chi connectivity index (χ4n) is 4.49. The molecule has 1 aliphatic heterocycles. The normalized spacial score (nSPS) is 13.4. The quantitative estimate of drug-likeness (QED) is 0.336. The number of aryl methyl sites for hydroxylation is 1. The van der Waals surface area contributed by atoms with Gasteiger partial charge in [0.1, 0.15) is 25.6 Å². The second kappa shape index (κ2) is 11.2. The molecule has 1 unspecified atom stereocenters. The molecule has 39 heavy (non-hydrogen) atoms. The van der Waals surface area contributed by atoms with E-state index >= 15 is 0 Å². The number of anilines is 1. The third kappa shape index (κ3) is 5.73. The maximum absolute atomic E-state index is 14.2. The van der Waals surface area contributed by atoms with E-state index in [-0.39, 0.29) is 22.9 Å². The Kier molecular flexibility index (Phi) is 7.51. The number of amides is 1. The van der Waals surface area contributed by atoms with Crippen LogP contribution in [0.1, 0.15) is 22.7 Å². The zero-order valence-electron chi connectivity index (χ0n) is 21.2. The van der Waals surface area contributed by atoms with Gasteiger partial charge in [0, 0.05) is 6.07 Å². The van der Waals surface area contributed by atoms with Crippen LogP contribution in [0.4, 0.5) is 10.1 Å². The number of nitrogens with one attached hydrogen (secondary N) is 1. The van der Waals surface area contributed by atoms with E-state index < -0.39 is 34.3 Å². The van der Waals surface area contributed by atoms with Crippen molar-refractivity contribution in [3.05, 3.63) is 120 Å². The average Bonchev–Trinajstić information content (AvgIpc) is 2.95. The van der Waals surface area contributed by atoms with Crippen LogP contribution in [-0.2, 0) is 14.8 Å². The Morgan fingerprint density at radius 1 is 0.897 bits per heavy atom. The summed E-state index contributed by atoms with van der Waals surface area (Å²) in [6, 6.07) is 25.9. The van der Waals surface area contributed by atoms with Crippen molar-refractivity contribution in [3.8, 4) is 11.5 Å². The van der Waals surface area contributed by atoms with Crippen LogP contribution in [0.15, 0.2) is 102 Å². The van der Waals surface area contributed by atoms with Crippen LogP contribution >= 0.6 is 0 Å². The van der Waals surface area contributed by atoms with Gasteiger partial charge in [0.15, 0.2) is 11.5 Å². The second-order valence-corrected chi connectivity index (χ2v) is 10.9. The van der Waals surface area contributed by atoms with Crippen molar-refractivity contribution in [2.24, 2.45) is 0 Å². The van der Waals surface area contributed by atoms with Crippen LogP contribution < -0.4 is 19.1 Å². The molecule has 5 rings (SSSR count). The van der Waals surface area contributed by atoms with Gasteiger partial charge in [-0.25, -0.2) is 12.8 Å². The summed E-state index contributed by atoms with van der Waals surface area (Å²) >= 11 is 0. The summed E-state index contributed by atoms with van der Waals surface area (Å²) in [5.74, 6) is -0.469. The van der Waals surface area contributed by atoms with Gasteiger partial charge in [-0.1, -0.05) is 60.7 Å². The molecule has 9 heteroatoms. The minimum Gasteiger partial charge on any atom is -0.486 e. The summed E-state index contributed by atoms with van der Waals surface area (Å²) in [4.78, 5) is 13.4. The molecule has 1 amide bonds. The van der Waals surface area contributed by atoms with E-state index in [4.69, 9.17) is 9.47 Å². The number of sulfonamides is 1. The molecule has 0 spiro atoms. The number of nitrogens with zero attached hydrogens (tertiary/aromatic N) is 1. The average molecular weight is 547 g/mol. The predicted octanol–water partition coefficient (Wildman–Crippen LogP) is 5.01. The van der Waals surface area contributed by atoms with Crippen LogP contribution in [-0.4, -0.2) is 34.1 Å². The SMILES string of the molecule is Cc1ccccc1C(NC(=O)CN(c1cccc(F)c1)S(=O)(=O)c1ccc2c(c1)OCCO2)c1ccccc1. The van der Waals surface area contributed by atoms with Gasteiger partial charge < -0.3 is 14.8 Å². The molecule has 1 N–H and O–H groups in total. The number of ether oxygens (including phenoxy) is 2. The van der Waals surface area contributed by atoms with Gasteiger partial charge in [-0.15, -0.1) is 0 Å². The van der Waals surface area contributed by atoms with Crippen molar-refractivity contribution in [1.82, 2.24) is 5.32 Å².